The molecule has 2 aromatic rings. The van der Waals surface area contributed by atoms with E-state index in [1.54, 1.807) is 34.2 Å². The van der Waals surface area contributed by atoms with Crippen LogP contribution in [-0.4, -0.2) is 83.3 Å². The topological polar surface area (TPSA) is 89.1 Å². The fourth-order valence-electron chi connectivity index (χ4n) is 5.15. The summed E-state index contributed by atoms with van der Waals surface area (Å²) in [5.74, 6) is 0.724. The number of benzene rings is 1. The normalized spacial score (nSPS) is 19.9. The summed E-state index contributed by atoms with van der Waals surface area (Å²) in [6.07, 6.45) is 1.98. The molecule has 0 bridgehead atoms. The molecule has 1 unspecified atom stereocenters. The van der Waals surface area contributed by atoms with Crippen LogP contribution in [0.1, 0.15) is 24.9 Å². The highest BCUT2D eigenvalue weighted by atomic mass is 35.5. The molecule has 1 aromatic carbocycles. The van der Waals surface area contributed by atoms with Gasteiger partial charge in [-0.1, -0.05) is 35.3 Å². The van der Waals surface area contributed by atoms with Gasteiger partial charge in [-0.3, -0.25) is 14.5 Å². The molecule has 0 saturated carbocycles. The van der Waals surface area contributed by atoms with Crippen LogP contribution >= 0.6 is 23.2 Å². The number of carbonyl (C=O) groups excluding carboxylic acids is 3. The number of halogens is 2. The lowest BCUT2D eigenvalue weighted by molar-refractivity contribution is -0.132. The number of likely N-dealkylation sites (N-methyl/N-ethyl adjacent to an activating group) is 1. The number of hydrogen-bond acceptors (Lipinski definition) is 5. The summed E-state index contributed by atoms with van der Waals surface area (Å²) < 4.78 is 0. The van der Waals surface area contributed by atoms with Gasteiger partial charge in [-0.2, -0.15) is 0 Å². The molecule has 1 N–H and O–H groups in total. The van der Waals surface area contributed by atoms with Crippen LogP contribution in [0.25, 0.3) is 0 Å². The van der Waals surface area contributed by atoms with Crippen molar-refractivity contribution in [2.75, 3.05) is 50.7 Å². The number of piperazine rings is 1. The van der Waals surface area contributed by atoms with E-state index in [1.807, 2.05) is 30.0 Å². The SMILES string of the molecule is CCN1C(=O)NC(c2ccc(Cl)cc2Cl)C2=C1CN(CCC(=O)N1CCN(c3ccccn3)CC1)C2=O. The highest BCUT2D eigenvalue weighted by Crippen LogP contribution is 2.39. The average molecular weight is 543 g/mol. The minimum Gasteiger partial charge on any atom is -0.353 e. The zero-order valence-electron chi connectivity index (χ0n) is 20.5. The van der Waals surface area contributed by atoms with E-state index in [0.717, 1.165) is 5.82 Å². The number of nitrogens with one attached hydrogen (secondary N) is 1. The van der Waals surface area contributed by atoms with Gasteiger partial charge in [0.1, 0.15) is 5.82 Å². The Morgan fingerprint density at radius 1 is 1.11 bits per heavy atom. The van der Waals surface area contributed by atoms with E-state index in [-0.39, 0.29) is 37.4 Å². The Morgan fingerprint density at radius 3 is 2.57 bits per heavy atom. The summed E-state index contributed by atoms with van der Waals surface area (Å²) in [6, 6.07) is 9.85. The van der Waals surface area contributed by atoms with Gasteiger partial charge < -0.3 is 20.0 Å². The third kappa shape index (κ3) is 4.98. The third-order valence-corrected chi connectivity index (χ3v) is 7.65. The van der Waals surface area contributed by atoms with E-state index >= 15 is 0 Å². The van der Waals surface area contributed by atoms with E-state index < -0.39 is 6.04 Å². The average Bonchev–Trinajstić information content (AvgIpc) is 3.23. The Bertz CT molecular complexity index is 1250. The number of rotatable bonds is 6. The number of nitrogens with zero attached hydrogens (tertiary/aromatic N) is 5. The summed E-state index contributed by atoms with van der Waals surface area (Å²) in [5, 5.41) is 3.77. The van der Waals surface area contributed by atoms with Gasteiger partial charge in [-0.25, -0.2) is 9.78 Å². The maximum atomic E-state index is 13.5. The maximum Gasteiger partial charge on any atom is 0.322 e. The van der Waals surface area contributed by atoms with Gasteiger partial charge in [-0.15, -0.1) is 0 Å². The molecule has 0 aliphatic carbocycles. The van der Waals surface area contributed by atoms with Crippen molar-refractivity contribution in [3.63, 3.8) is 0 Å². The van der Waals surface area contributed by atoms with Crippen molar-refractivity contribution in [1.82, 2.24) is 25.0 Å². The monoisotopic (exact) mass is 542 g/mol. The van der Waals surface area contributed by atoms with Crippen LogP contribution in [0.15, 0.2) is 53.9 Å². The van der Waals surface area contributed by atoms with Crippen molar-refractivity contribution in [1.29, 1.82) is 0 Å². The van der Waals surface area contributed by atoms with Gasteiger partial charge in [0.2, 0.25) is 5.91 Å². The zero-order valence-corrected chi connectivity index (χ0v) is 22.0. The maximum absolute atomic E-state index is 13.5. The number of urea groups is 1. The highest BCUT2D eigenvalue weighted by molar-refractivity contribution is 6.35. The van der Waals surface area contributed by atoms with Crippen LogP contribution in [0.5, 0.6) is 0 Å². The number of carbonyl (C=O) groups is 3. The molecule has 1 aromatic heterocycles. The Balaban J connectivity index is 1.25. The van der Waals surface area contributed by atoms with E-state index in [2.05, 4.69) is 15.2 Å². The number of amides is 4. The van der Waals surface area contributed by atoms with Crippen LogP contribution in [0.2, 0.25) is 10.0 Å². The van der Waals surface area contributed by atoms with Gasteiger partial charge in [-0.05, 0) is 36.8 Å². The van der Waals surface area contributed by atoms with Crippen molar-refractivity contribution >= 4 is 46.9 Å². The third-order valence-electron chi connectivity index (χ3n) is 7.09. The molecule has 11 heteroatoms. The number of pyridine rings is 1. The first kappa shape index (κ1) is 25.4. The predicted octanol–water partition coefficient (Wildman–Crippen LogP) is 3.31. The smallest absolute Gasteiger partial charge is 0.322 e. The number of aromatic nitrogens is 1. The van der Waals surface area contributed by atoms with Crippen LogP contribution < -0.4 is 10.2 Å². The van der Waals surface area contributed by atoms with Crippen molar-refractivity contribution in [2.45, 2.75) is 19.4 Å². The van der Waals surface area contributed by atoms with E-state index in [4.69, 9.17) is 23.2 Å². The van der Waals surface area contributed by atoms with Gasteiger partial charge in [0.25, 0.3) is 5.91 Å². The standard InChI is InChI=1S/C26H28Cl2N6O3/c1-2-34-20-16-33(10-8-22(35)32-13-11-31(12-14-32)21-5-3-4-9-29-21)25(36)23(20)24(30-26(34)37)18-7-6-17(27)15-19(18)28/h3-7,9,15,24H,2,8,10-14,16H2,1H3,(H,30,37). The predicted molar refractivity (Wildman–Crippen MR) is 141 cm³/mol. The minimum absolute atomic E-state index is 0.0113. The fourth-order valence-corrected chi connectivity index (χ4v) is 5.66. The molecule has 1 fully saturated rings. The van der Waals surface area contributed by atoms with Crippen LogP contribution in [0.4, 0.5) is 10.6 Å². The summed E-state index contributed by atoms with van der Waals surface area (Å²) in [7, 11) is 0. The molecule has 5 rings (SSSR count). The summed E-state index contributed by atoms with van der Waals surface area (Å²) in [5.41, 5.74) is 1.76. The molecule has 4 heterocycles. The van der Waals surface area contributed by atoms with E-state index in [9.17, 15) is 14.4 Å². The van der Waals surface area contributed by atoms with E-state index in [1.165, 1.54) is 0 Å². The van der Waals surface area contributed by atoms with Gasteiger partial charge in [0, 0.05) is 61.9 Å². The molecule has 37 heavy (non-hydrogen) atoms. The number of hydrogen-bond donors (Lipinski definition) is 1. The van der Waals surface area contributed by atoms with Crippen molar-refractivity contribution < 1.29 is 14.4 Å². The second-order valence-electron chi connectivity index (χ2n) is 9.19. The van der Waals surface area contributed by atoms with Crippen LogP contribution in [-0.2, 0) is 9.59 Å². The summed E-state index contributed by atoms with van der Waals surface area (Å²) in [4.78, 5) is 51.0. The minimum atomic E-state index is -0.678. The second-order valence-corrected chi connectivity index (χ2v) is 10.0. The molecule has 0 spiro atoms. The fraction of sp³-hybridized carbons (Fsp3) is 0.385. The molecular formula is C26H28Cl2N6O3. The first-order valence-electron chi connectivity index (χ1n) is 12.4. The first-order chi connectivity index (χ1) is 17.9. The highest BCUT2D eigenvalue weighted by Gasteiger charge is 2.44. The lowest BCUT2D eigenvalue weighted by Crippen LogP contribution is -2.49. The zero-order chi connectivity index (χ0) is 26.1. The number of anilines is 1. The van der Waals surface area contributed by atoms with Crippen LogP contribution in [0, 0.1) is 0 Å². The Morgan fingerprint density at radius 2 is 1.89 bits per heavy atom. The molecule has 1 atom stereocenters. The Hall–Kier alpha value is -3.30. The van der Waals surface area contributed by atoms with Crippen molar-refractivity contribution in [2.24, 2.45) is 0 Å². The van der Waals surface area contributed by atoms with E-state index in [0.29, 0.717) is 59.6 Å². The lowest BCUT2D eigenvalue weighted by atomic mass is 9.95. The summed E-state index contributed by atoms with van der Waals surface area (Å²) in [6.45, 7) is 5.48. The summed E-state index contributed by atoms with van der Waals surface area (Å²) >= 11 is 12.5. The van der Waals surface area contributed by atoms with Gasteiger partial charge in [0.05, 0.1) is 23.9 Å². The van der Waals surface area contributed by atoms with Crippen molar-refractivity contribution in [3.8, 4) is 0 Å². The molecule has 3 aliphatic rings. The quantitative estimate of drug-likeness (QED) is 0.604. The van der Waals surface area contributed by atoms with Gasteiger partial charge in [0.15, 0.2) is 0 Å². The molecule has 4 amide bonds. The van der Waals surface area contributed by atoms with Crippen LogP contribution in [0.3, 0.4) is 0 Å². The largest absolute Gasteiger partial charge is 0.353 e. The molecular weight excluding hydrogens is 515 g/mol. The molecule has 3 aliphatic heterocycles. The first-order valence-corrected chi connectivity index (χ1v) is 13.1. The Kier molecular flexibility index (Phi) is 7.26. The lowest BCUT2D eigenvalue weighted by Gasteiger charge is -2.35. The second kappa shape index (κ2) is 10.6. The van der Waals surface area contributed by atoms with Gasteiger partial charge >= 0.3 is 6.03 Å². The molecule has 1 saturated heterocycles. The molecule has 0 radical (unpaired) electrons. The van der Waals surface area contributed by atoms with Crippen molar-refractivity contribution in [3.05, 3.63) is 69.5 Å². The molecule has 9 nitrogen and oxygen atoms in total. The Labute approximate surface area is 225 Å². The molecule has 194 valence electrons.